The summed E-state index contributed by atoms with van der Waals surface area (Å²) < 4.78 is 2.93. The summed E-state index contributed by atoms with van der Waals surface area (Å²) in [6.45, 7) is 3.04. The third-order valence-electron chi connectivity index (χ3n) is 3.31. The Morgan fingerprint density at radius 1 is 1.33 bits per heavy atom. The van der Waals surface area contributed by atoms with Crippen molar-refractivity contribution in [1.82, 2.24) is 20.1 Å². The third-order valence-corrected chi connectivity index (χ3v) is 4.86. The van der Waals surface area contributed by atoms with Crippen LogP contribution >= 0.6 is 27.3 Å². The summed E-state index contributed by atoms with van der Waals surface area (Å²) >= 11 is 5.20. The Balaban J connectivity index is 1.63. The maximum atomic E-state index is 4.13. The van der Waals surface area contributed by atoms with Crippen LogP contribution in [0.1, 0.15) is 24.1 Å². The predicted molar refractivity (Wildman–Crippen MR) is 88.6 cm³/mol. The minimum atomic E-state index is 0.300. The number of thiophene rings is 1. The third kappa shape index (κ3) is 3.58. The molecular weight excluding hydrogens is 348 g/mol. The van der Waals surface area contributed by atoms with Crippen LogP contribution in [0.3, 0.4) is 0 Å². The van der Waals surface area contributed by atoms with Crippen molar-refractivity contribution < 1.29 is 0 Å². The molecule has 4 nitrogen and oxygen atoms in total. The fraction of sp³-hybridized carbons (Fsp3) is 0.200. The normalized spacial score (nSPS) is 12.5. The van der Waals surface area contributed by atoms with E-state index in [4.69, 9.17) is 0 Å². The Hall–Kier alpha value is -1.50. The smallest absolute Gasteiger partial charge is 0.138 e. The zero-order valence-electron chi connectivity index (χ0n) is 11.5. The van der Waals surface area contributed by atoms with Crippen molar-refractivity contribution in [2.45, 2.75) is 19.5 Å². The second kappa shape index (κ2) is 6.51. The van der Waals surface area contributed by atoms with E-state index in [1.165, 1.54) is 21.2 Å². The van der Waals surface area contributed by atoms with Gasteiger partial charge in [-0.25, -0.2) is 9.67 Å². The van der Waals surface area contributed by atoms with Gasteiger partial charge >= 0.3 is 0 Å². The maximum absolute atomic E-state index is 4.13. The Labute approximate surface area is 136 Å². The van der Waals surface area contributed by atoms with Gasteiger partial charge < -0.3 is 5.32 Å². The lowest BCUT2D eigenvalue weighted by Crippen LogP contribution is -2.17. The van der Waals surface area contributed by atoms with E-state index in [2.05, 4.69) is 74.0 Å². The van der Waals surface area contributed by atoms with E-state index in [0.29, 0.717) is 6.04 Å². The van der Waals surface area contributed by atoms with Gasteiger partial charge in [0.1, 0.15) is 12.7 Å². The molecule has 1 N–H and O–H groups in total. The predicted octanol–water partition coefficient (Wildman–Crippen LogP) is 3.94. The molecule has 0 radical (unpaired) electrons. The van der Waals surface area contributed by atoms with Crippen molar-refractivity contribution in [3.8, 4) is 5.69 Å². The van der Waals surface area contributed by atoms with Gasteiger partial charge in [0, 0.05) is 12.6 Å². The summed E-state index contributed by atoms with van der Waals surface area (Å²) in [5.41, 5.74) is 3.58. The topological polar surface area (TPSA) is 42.7 Å². The fourth-order valence-corrected chi connectivity index (χ4v) is 3.29. The molecule has 0 bridgehead atoms. The molecule has 2 aromatic heterocycles. The first-order valence-electron chi connectivity index (χ1n) is 6.63. The Morgan fingerprint density at radius 2 is 2.14 bits per heavy atom. The molecule has 2 heterocycles. The van der Waals surface area contributed by atoms with Crippen molar-refractivity contribution >= 4 is 27.3 Å². The van der Waals surface area contributed by atoms with Crippen molar-refractivity contribution in [2.75, 3.05) is 0 Å². The lowest BCUT2D eigenvalue weighted by molar-refractivity contribution is 0.575. The molecule has 0 spiro atoms. The molecule has 1 atom stereocenters. The van der Waals surface area contributed by atoms with Crippen LogP contribution in [0.5, 0.6) is 0 Å². The van der Waals surface area contributed by atoms with E-state index in [-0.39, 0.29) is 0 Å². The van der Waals surface area contributed by atoms with Gasteiger partial charge in [-0.3, -0.25) is 0 Å². The zero-order chi connectivity index (χ0) is 14.7. The van der Waals surface area contributed by atoms with Crippen LogP contribution < -0.4 is 5.32 Å². The van der Waals surface area contributed by atoms with Gasteiger partial charge in [-0.15, -0.1) is 11.3 Å². The van der Waals surface area contributed by atoms with Gasteiger partial charge in [-0.1, -0.05) is 12.1 Å². The molecule has 6 heteroatoms. The van der Waals surface area contributed by atoms with Crippen molar-refractivity contribution in [3.05, 3.63) is 63.3 Å². The largest absolute Gasteiger partial charge is 0.306 e. The highest BCUT2D eigenvalue weighted by atomic mass is 79.9. The highest BCUT2D eigenvalue weighted by Gasteiger charge is 2.06. The molecule has 3 aromatic rings. The fourth-order valence-electron chi connectivity index (χ4n) is 2.08. The van der Waals surface area contributed by atoms with Crippen molar-refractivity contribution in [3.63, 3.8) is 0 Å². The molecular formula is C15H15BrN4S. The van der Waals surface area contributed by atoms with Crippen LogP contribution in [0.25, 0.3) is 5.69 Å². The minimum Gasteiger partial charge on any atom is -0.306 e. The van der Waals surface area contributed by atoms with Crippen LogP contribution in [0.15, 0.2) is 52.2 Å². The van der Waals surface area contributed by atoms with Gasteiger partial charge in [0.25, 0.3) is 0 Å². The Morgan fingerprint density at radius 3 is 2.76 bits per heavy atom. The van der Waals surface area contributed by atoms with Crippen LogP contribution in [0.4, 0.5) is 0 Å². The van der Waals surface area contributed by atoms with Crippen LogP contribution in [0, 0.1) is 0 Å². The average Bonchev–Trinajstić information content (AvgIpc) is 3.16. The van der Waals surface area contributed by atoms with E-state index in [0.717, 1.165) is 12.2 Å². The number of halogens is 1. The summed E-state index contributed by atoms with van der Waals surface area (Å²) in [5.74, 6) is 0. The Kier molecular flexibility index (Phi) is 4.48. The lowest BCUT2D eigenvalue weighted by atomic mass is 10.1. The van der Waals surface area contributed by atoms with Gasteiger partial charge in [0.05, 0.1) is 9.47 Å². The van der Waals surface area contributed by atoms with Crippen molar-refractivity contribution in [2.24, 2.45) is 0 Å². The number of hydrogen-bond acceptors (Lipinski definition) is 4. The summed E-state index contributed by atoms with van der Waals surface area (Å²) in [6, 6.07) is 10.8. The summed E-state index contributed by atoms with van der Waals surface area (Å²) in [4.78, 5) is 3.96. The average molecular weight is 363 g/mol. The standard InChI is InChI=1S/C15H15BrN4S/c1-11(18-7-12-6-15(16)21-8-12)13-2-4-14(5-3-13)20-10-17-9-19-20/h2-6,8-11,18H,7H2,1H3. The van der Waals surface area contributed by atoms with Gasteiger partial charge in [-0.2, -0.15) is 5.10 Å². The molecule has 21 heavy (non-hydrogen) atoms. The van der Waals surface area contributed by atoms with Gasteiger partial charge in [0.15, 0.2) is 0 Å². The second-order valence-electron chi connectivity index (χ2n) is 4.79. The molecule has 1 aromatic carbocycles. The first-order valence-corrected chi connectivity index (χ1v) is 8.31. The van der Waals surface area contributed by atoms with Crippen LogP contribution in [-0.2, 0) is 6.54 Å². The van der Waals surface area contributed by atoms with E-state index < -0.39 is 0 Å². The van der Waals surface area contributed by atoms with Gasteiger partial charge in [-0.05, 0) is 57.6 Å². The molecule has 0 aliphatic heterocycles. The molecule has 0 fully saturated rings. The summed E-state index contributed by atoms with van der Waals surface area (Å²) in [5, 5.41) is 9.82. The summed E-state index contributed by atoms with van der Waals surface area (Å²) in [6.07, 6.45) is 3.24. The number of nitrogens with one attached hydrogen (secondary N) is 1. The molecule has 0 aliphatic carbocycles. The zero-order valence-corrected chi connectivity index (χ0v) is 13.9. The molecule has 0 saturated heterocycles. The molecule has 1 unspecified atom stereocenters. The van der Waals surface area contributed by atoms with Gasteiger partial charge in [0.2, 0.25) is 0 Å². The van der Waals surface area contributed by atoms with E-state index >= 15 is 0 Å². The molecule has 0 saturated carbocycles. The number of benzene rings is 1. The number of nitrogens with zero attached hydrogens (tertiary/aromatic N) is 3. The second-order valence-corrected chi connectivity index (χ2v) is 7.08. The Bertz CT molecular complexity index is 691. The minimum absolute atomic E-state index is 0.300. The highest BCUT2D eigenvalue weighted by Crippen LogP contribution is 2.21. The maximum Gasteiger partial charge on any atom is 0.138 e. The first-order chi connectivity index (χ1) is 10.2. The highest BCUT2D eigenvalue weighted by molar-refractivity contribution is 9.11. The van der Waals surface area contributed by atoms with E-state index in [9.17, 15) is 0 Å². The number of hydrogen-bond donors (Lipinski definition) is 1. The number of rotatable bonds is 5. The molecule has 0 amide bonds. The number of aromatic nitrogens is 3. The first kappa shape index (κ1) is 14.4. The lowest BCUT2D eigenvalue weighted by Gasteiger charge is -2.14. The van der Waals surface area contributed by atoms with Crippen molar-refractivity contribution in [1.29, 1.82) is 0 Å². The van der Waals surface area contributed by atoms with Crippen LogP contribution in [-0.4, -0.2) is 14.8 Å². The molecule has 0 aliphatic rings. The van der Waals surface area contributed by atoms with E-state index in [1.807, 2.05) is 0 Å². The molecule has 108 valence electrons. The monoisotopic (exact) mass is 362 g/mol. The quantitative estimate of drug-likeness (QED) is 0.747. The summed E-state index contributed by atoms with van der Waals surface area (Å²) in [7, 11) is 0. The van der Waals surface area contributed by atoms with Crippen LogP contribution in [0.2, 0.25) is 0 Å². The van der Waals surface area contributed by atoms with E-state index in [1.54, 1.807) is 22.3 Å². The SMILES string of the molecule is CC(NCc1csc(Br)c1)c1ccc(-n2cncn2)cc1. The molecule has 3 rings (SSSR count).